The van der Waals surface area contributed by atoms with E-state index in [-0.39, 0.29) is 30.5 Å². The molecule has 2 heterocycles. The van der Waals surface area contributed by atoms with Crippen LogP contribution in [0, 0.1) is 5.82 Å². The molecule has 1 aliphatic carbocycles. The molecule has 0 aromatic heterocycles. The zero-order valence-corrected chi connectivity index (χ0v) is 22.8. The number of carbonyl (C=O) groups excluding carboxylic acids is 1. The summed E-state index contributed by atoms with van der Waals surface area (Å²) in [7, 11) is -1.90. The monoisotopic (exact) mass is 544 g/mol. The number of rotatable bonds is 7. The van der Waals surface area contributed by atoms with Crippen LogP contribution in [-0.4, -0.2) is 64.6 Å². The number of hydrogen-bond acceptors (Lipinski definition) is 6. The summed E-state index contributed by atoms with van der Waals surface area (Å²) in [5, 5.41) is 5.02. The number of benzene rings is 2. The van der Waals surface area contributed by atoms with Gasteiger partial charge in [-0.2, -0.15) is 0 Å². The van der Waals surface area contributed by atoms with Gasteiger partial charge in [0.15, 0.2) is 9.84 Å². The Morgan fingerprint density at radius 1 is 1.16 bits per heavy atom. The van der Waals surface area contributed by atoms with Gasteiger partial charge in [-0.15, -0.1) is 0 Å². The molecule has 38 heavy (non-hydrogen) atoms. The number of ether oxygens (including phenoxy) is 2. The van der Waals surface area contributed by atoms with Gasteiger partial charge in [-0.3, -0.25) is 4.79 Å². The van der Waals surface area contributed by atoms with Crippen LogP contribution in [0.3, 0.4) is 0 Å². The minimum atomic E-state index is -3.57. The molecule has 0 spiro atoms. The topological polar surface area (TPSA) is 93.7 Å². The summed E-state index contributed by atoms with van der Waals surface area (Å²) in [6, 6.07) is 13.8. The Hall–Kier alpha value is -2.33. The molecule has 2 aromatic carbocycles. The fourth-order valence-electron chi connectivity index (χ4n) is 6.10. The molecule has 9 heteroatoms. The van der Waals surface area contributed by atoms with Crippen molar-refractivity contribution in [2.45, 2.75) is 73.1 Å². The van der Waals surface area contributed by atoms with Crippen LogP contribution in [0.15, 0.2) is 48.5 Å². The summed E-state index contributed by atoms with van der Waals surface area (Å²) in [6.45, 7) is 3.02. The molecule has 1 amide bonds. The first-order valence-corrected chi connectivity index (χ1v) is 15.1. The SMILES string of the molecule is COC1CC(NC(=O)C2(c3ccc(CC4[C@H](C)NC[C@@H](c5ccccc5)S4(=O)=O)c(F)c3)CCOCC2)C1. The van der Waals surface area contributed by atoms with Crippen molar-refractivity contribution in [3.63, 3.8) is 0 Å². The van der Waals surface area contributed by atoms with Gasteiger partial charge in [0.05, 0.1) is 22.0 Å². The molecular formula is C29H37FN2O5S. The number of halogens is 1. The summed E-state index contributed by atoms with van der Waals surface area (Å²) in [5.41, 5.74) is 0.819. The van der Waals surface area contributed by atoms with Gasteiger partial charge in [-0.1, -0.05) is 42.5 Å². The van der Waals surface area contributed by atoms with Crippen LogP contribution in [0.1, 0.15) is 54.5 Å². The van der Waals surface area contributed by atoms with Gasteiger partial charge in [-0.25, -0.2) is 12.8 Å². The molecule has 2 aliphatic heterocycles. The Bertz CT molecular complexity index is 1240. The smallest absolute Gasteiger partial charge is 0.231 e. The van der Waals surface area contributed by atoms with Gasteiger partial charge in [0.25, 0.3) is 0 Å². The third-order valence-corrected chi connectivity index (χ3v) is 11.4. The minimum Gasteiger partial charge on any atom is -0.381 e. The van der Waals surface area contributed by atoms with Crippen LogP contribution in [0.2, 0.25) is 0 Å². The standard InChI is InChI=1S/C29H37FN2O5S/c1-19-26(38(34,35)27(18-31-19)20-6-4-3-5-7-20)14-21-8-9-22(15-25(21)30)29(10-12-37-13-11-29)28(33)32-23-16-24(17-23)36-2/h3-9,15,19,23-24,26-27,31H,10-14,16-18H2,1-2H3,(H,32,33)/t19-,23?,24?,26?,27-/m0/s1. The van der Waals surface area contributed by atoms with Crippen LogP contribution in [-0.2, 0) is 35.9 Å². The summed E-state index contributed by atoms with van der Waals surface area (Å²) < 4.78 is 53.8. The average molecular weight is 545 g/mol. The second-order valence-electron chi connectivity index (χ2n) is 10.9. The third-order valence-electron chi connectivity index (χ3n) is 8.74. The zero-order valence-electron chi connectivity index (χ0n) is 22.0. The number of nitrogens with one attached hydrogen (secondary N) is 2. The lowest BCUT2D eigenvalue weighted by molar-refractivity contribution is -0.132. The van der Waals surface area contributed by atoms with E-state index >= 15 is 4.39 Å². The number of carbonyl (C=O) groups is 1. The molecule has 2 saturated heterocycles. The molecule has 0 bridgehead atoms. The van der Waals surface area contributed by atoms with Crippen molar-refractivity contribution in [3.05, 3.63) is 71.0 Å². The van der Waals surface area contributed by atoms with Crippen molar-refractivity contribution >= 4 is 15.7 Å². The van der Waals surface area contributed by atoms with E-state index < -0.39 is 31.6 Å². The molecule has 5 rings (SSSR count). The Balaban J connectivity index is 1.37. The number of amides is 1. The number of hydrogen-bond donors (Lipinski definition) is 2. The Kier molecular flexibility index (Phi) is 7.91. The lowest BCUT2D eigenvalue weighted by Crippen LogP contribution is -2.55. The second-order valence-corrected chi connectivity index (χ2v) is 13.3. The highest BCUT2D eigenvalue weighted by atomic mass is 32.2. The highest BCUT2D eigenvalue weighted by Gasteiger charge is 2.45. The quantitative estimate of drug-likeness (QED) is 0.556. The van der Waals surface area contributed by atoms with E-state index in [1.807, 2.05) is 37.3 Å². The zero-order chi connectivity index (χ0) is 26.9. The van der Waals surface area contributed by atoms with Crippen molar-refractivity contribution in [1.29, 1.82) is 0 Å². The number of methoxy groups -OCH3 is 1. The van der Waals surface area contributed by atoms with E-state index in [4.69, 9.17) is 9.47 Å². The van der Waals surface area contributed by atoms with Gasteiger partial charge in [0.1, 0.15) is 5.82 Å². The van der Waals surface area contributed by atoms with E-state index in [9.17, 15) is 13.2 Å². The third kappa shape index (κ3) is 5.13. The first-order chi connectivity index (χ1) is 18.2. The molecule has 7 nitrogen and oxygen atoms in total. The van der Waals surface area contributed by atoms with Gasteiger partial charge < -0.3 is 20.1 Å². The second kappa shape index (κ2) is 11.0. The summed E-state index contributed by atoms with van der Waals surface area (Å²) >= 11 is 0. The first-order valence-electron chi connectivity index (χ1n) is 13.5. The molecule has 0 radical (unpaired) electrons. The van der Waals surface area contributed by atoms with Crippen LogP contribution in [0.4, 0.5) is 4.39 Å². The van der Waals surface area contributed by atoms with Crippen LogP contribution in [0.25, 0.3) is 0 Å². The predicted octanol–water partition coefficient (Wildman–Crippen LogP) is 3.23. The molecule has 1 saturated carbocycles. The predicted molar refractivity (Wildman–Crippen MR) is 143 cm³/mol. The van der Waals surface area contributed by atoms with Crippen LogP contribution in [0.5, 0.6) is 0 Å². The van der Waals surface area contributed by atoms with Crippen molar-refractivity contribution in [2.75, 3.05) is 26.9 Å². The number of sulfone groups is 1. The molecule has 206 valence electrons. The Labute approximate surface area is 224 Å². The molecule has 3 fully saturated rings. The normalized spacial score (nSPS) is 30.2. The van der Waals surface area contributed by atoms with E-state index in [1.54, 1.807) is 19.2 Å². The van der Waals surface area contributed by atoms with Crippen molar-refractivity contribution in [3.8, 4) is 0 Å². The van der Waals surface area contributed by atoms with Crippen LogP contribution >= 0.6 is 0 Å². The molecular weight excluding hydrogens is 507 g/mol. The van der Waals surface area contributed by atoms with Crippen molar-refractivity contribution in [1.82, 2.24) is 10.6 Å². The average Bonchev–Trinajstić information content (AvgIpc) is 2.89. The molecule has 2 N–H and O–H groups in total. The largest absolute Gasteiger partial charge is 0.381 e. The molecule has 3 aliphatic rings. The van der Waals surface area contributed by atoms with Gasteiger partial charge >= 0.3 is 0 Å². The molecule has 2 aromatic rings. The maximum Gasteiger partial charge on any atom is 0.231 e. The maximum atomic E-state index is 15.6. The Morgan fingerprint density at radius 2 is 1.87 bits per heavy atom. The van der Waals surface area contributed by atoms with Crippen molar-refractivity contribution < 1.29 is 27.1 Å². The van der Waals surface area contributed by atoms with E-state index in [1.165, 1.54) is 6.07 Å². The van der Waals surface area contributed by atoms with E-state index in [0.29, 0.717) is 43.7 Å². The summed E-state index contributed by atoms with van der Waals surface area (Å²) in [6.07, 6.45) is 2.71. The van der Waals surface area contributed by atoms with Gasteiger partial charge in [0, 0.05) is 39.0 Å². The molecule has 1 unspecified atom stereocenters. The van der Waals surface area contributed by atoms with Crippen LogP contribution < -0.4 is 10.6 Å². The maximum absolute atomic E-state index is 15.6. The van der Waals surface area contributed by atoms with Crippen molar-refractivity contribution in [2.24, 2.45) is 0 Å². The summed E-state index contributed by atoms with van der Waals surface area (Å²) in [5.74, 6) is -0.584. The highest BCUT2D eigenvalue weighted by molar-refractivity contribution is 7.92. The highest BCUT2D eigenvalue weighted by Crippen LogP contribution is 2.38. The lowest BCUT2D eigenvalue weighted by Gasteiger charge is -2.41. The lowest BCUT2D eigenvalue weighted by atomic mass is 9.72. The molecule has 3 atom stereocenters. The fraction of sp³-hybridized carbons (Fsp3) is 0.552. The van der Waals surface area contributed by atoms with Gasteiger partial charge in [-0.05, 0) is 61.8 Å². The van der Waals surface area contributed by atoms with Gasteiger partial charge in [0.2, 0.25) is 5.91 Å². The first kappa shape index (κ1) is 27.2. The van der Waals surface area contributed by atoms with E-state index in [0.717, 1.165) is 18.4 Å². The minimum absolute atomic E-state index is 0.0550. The summed E-state index contributed by atoms with van der Waals surface area (Å²) in [4.78, 5) is 13.5. The fourth-order valence-corrected chi connectivity index (χ4v) is 8.46. The van der Waals surface area contributed by atoms with E-state index in [2.05, 4.69) is 10.6 Å². The Morgan fingerprint density at radius 3 is 2.53 bits per heavy atom.